The first-order valence-electron chi connectivity index (χ1n) is 9.25. The highest BCUT2D eigenvalue weighted by Crippen LogP contribution is 2.36. The molecule has 1 aliphatic rings. The molecular weight excluding hydrogens is 404 g/mol. The van der Waals surface area contributed by atoms with Crippen LogP contribution in [0.25, 0.3) is 0 Å². The Kier molecular flexibility index (Phi) is 5.24. The van der Waals surface area contributed by atoms with Gasteiger partial charge >= 0.3 is 0 Å². The van der Waals surface area contributed by atoms with E-state index in [9.17, 15) is 9.59 Å². The van der Waals surface area contributed by atoms with Gasteiger partial charge in [0.25, 0.3) is 5.91 Å². The van der Waals surface area contributed by atoms with Crippen molar-refractivity contribution in [1.29, 1.82) is 0 Å². The molecule has 152 valence electrons. The molecule has 0 saturated heterocycles. The predicted octanol–water partition coefficient (Wildman–Crippen LogP) is 3.82. The van der Waals surface area contributed by atoms with Gasteiger partial charge < -0.3 is 16.0 Å². The van der Waals surface area contributed by atoms with Crippen molar-refractivity contribution in [3.63, 3.8) is 0 Å². The molecule has 3 aromatic rings. The van der Waals surface area contributed by atoms with Crippen molar-refractivity contribution in [1.82, 2.24) is 14.8 Å². The summed E-state index contributed by atoms with van der Waals surface area (Å²) in [6, 6.07) is 13.8. The number of nitrogens with one attached hydrogen (secondary N) is 3. The third-order valence-electron chi connectivity index (χ3n) is 4.71. The Morgan fingerprint density at radius 3 is 2.53 bits per heavy atom. The average molecular weight is 423 g/mol. The third-order valence-corrected chi connectivity index (χ3v) is 5.04. The molecule has 30 heavy (non-hydrogen) atoms. The monoisotopic (exact) mass is 422 g/mol. The number of benzene rings is 2. The third kappa shape index (κ3) is 3.77. The number of fused-ring (bicyclic) bond motifs is 1. The van der Waals surface area contributed by atoms with E-state index in [1.807, 2.05) is 19.1 Å². The van der Waals surface area contributed by atoms with Gasteiger partial charge in [0.2, 0.25) is 11.9 Å². The smallest absolute Gasteiger partial charge is 0.255 e. The standard InChI is InChI=1S/C21H19ClN6O2/c1-12-18(20(30)27-17-6-4-3-5-16(17)22)19(28-21(25-12)23-11-24-28)14-7-9-15(10-8-14)26-13(2)29/h3-11,19H,1-2H3,(H,26,29)(H,27,30)(H,23,24,25)/t19-/m0/s1. The molecule has 9 heteroatoms. The van der Waals surface area contributed by atoms with Crippen LogP contribution in [0.2, 0.25) is 5.02 Å². The van der Waals surface area contributed by atoms with Crippen molar-refractivity contribution in [3.05, 3.63) is 76.7 Å². The second kappa shape index (κ2) is 8.00. The summed E-state index contributed by atoms with van der Waals surface area (Å²) in [4.78, 5) is 28.8. The minimum atomic E-state index is -0.502. The second-order valence-electron chi connectivity index (χ2n) is 6.83. The van der Waals surface area contributed by atoms with Crippen molar-refractivity contribution in [2.45, 2.75) is 19.9 Å². The summed E-state index contributed by atoms with van der Waals surface area (Å²) in [5.41, 5.74) is 3.16. The van der Waals surface area contributed by atoms with Gasteiger partial charge in [-0.3, -0.25) is 9.59 Å². The van der Waals surface area contributed by atoms with Crippen molar-refractivity contribution >= 4 is 40.7 Å². The van der Waals surface area contributed by atoms with Crippen molar-refractivity contribution in [3.8, 4) is 0 Å². The number of halogens is 1. The van der Waals surface area contributed by atoms with Gasteiger partial charge in [0, 0.05) is 18.3 Å². The zero-order valence-corrected chi connectivity index (χ0v) is 17.1. The van der Waals surface area contributed by atoms with Crippen LogP contribution in [0.5, 0.6) is 0 Å². The predicted molar refractivity (Wildman–Crippen MR) is 115 cm³/mol. The van der Waals surface area contributed by atoms with Crippen LogP contribution in [0.4, 0.5) is 17.3 Å². The van der Waals surface area contributed by atoms with Gasteiger partial charge in [-0.25, -0.2) is 4.68 Å². The van der Waals surface area contributed by atoms with Crippen molar-refractivity contribution < 1.29 is 9.59 Å². The molecule has 0 bridgehead atoms. The van der Waals surface area contributed by atoms with Crippen molar-refractivity contribution in [2.24, 2.45) is 0 Å². The number of hydrogen-bond donors (Lipinski definition) is 3. The molecular formula is C21H19ClN6O2. The summed E-state index contributed by atoms with van der Waals surface area (Å²) in [7, 11) is 0. The zero-order valence-electron chi connectivity index (χ0n) is 16.3. The summed E-state index contributed by atoms with van der Waals surface area (Å²) in [5.74, 6) is 0.0849. The number of carbonyl (C=O) groups is 2. The summed E-state index contributed by atoms with van der Waals surface area (Å²) < 4.78 is 1.65. The summed E-state index contributed by atoms with van der Waals surface area (Å²) >= 11 is 6.21. The molecule has 3 N–H and O–H groups in total. The molecule has 4 rings (SSSR count). The largest absolute Gasteiger partial charge is 0.328 e. The Morgan fingerprint density at radius 1 is 1.10 bits per heavy atom. The van der Waals surface area contributed by atoms with E-state index in [4.69, 9.17) is 11.6 Å². The molecule has 0 aliphatic carbocycles. The van der Waals surface area contributed by atoms with Crippen LogP contribution < -0.4 is 16.0 Å². The van der Waals surface area contributed by atoms with Crippen LogP contribution in [0, 0.1) is 0 Å². The van der Waals surface area contributed by atoms with Gasteiger partial charge in [0.05, 0.1) is 16.3 Å². The molecule has 0 radical (unpaired) electrons. The van der Waals surface area contributed by atoms with Gasteiger partial charge in [0.1, 0.15) is 12.4 Å². The molecule has 0 spiro atoms. The van der Waals surface area contributed by atoms with Gasteiger partial charge in [-0.2, -0.15) is 10.1 Å². The van der Waals surface area contributed by atoms with Gasteiger partial charge in [-0.05, 0) is 36.8 Å². The van der Waals surface area contributed by atoms with Crippen LogP contribution in [0.3, 0.4) is 0 Å². The molecule has 2 amide bonds. The quantitative estimate of drug-likeness (QED) is 0.593. The first kappa shape index (κ1) is 19.7. The average Bonchev–Trinajstić information content (AvgIpc) is 3.17. The SMILES string of the molecule is CC(=O)Nc1ccc([C@H]2C(C(=O)Nc3ccccc3Cl)=C(C)Nc3ncnn32)cc1. The number of amides is 2. The van der Waals surface area contributed by atoms with Gasteiger partial charge in [-0.15, -0.1) is 0 Å². The van der Waals surface area contributed by atoms with Crippen LogP contribution in [-0.4, -0.2) is 26.6 Å². The molecule has 1 aromatic heterocycles. The van der Waals surface area contributed by atoms with E-state index in [2.05, 4.69) is 26.0 Å². The summed E-state index contributed by atoms with van der Waals surface area (Å²) in [6.07, 6.45) is 1.43. The van der Waals surface area contributed by atoms with Crippen molar-refractivity contribution in [2.75, 3.05) is 16.0 Å². The Labute approximate surface area is 178 Å². The molecule has 1 atom stereocenters. The maximum absolute atomic E-state index is 13.3. The maximum atomic E-state index is 13.3. The van der Waals surface area contributed by atoms with Crippen LogP contribution >= 0.6 is 11.6 Å². The van der Waals surface area contributed by atoms with Gasteiger partial charge in [-0.1, -0.05) is 35.9 Å². The lowest BCUT2D eigenvalue weighted by Crippen LogP contribution is -2.31. The Morgan fingerprint density at radius 2 is 1.83 bits per heavy atom. The lowest BCUT2D eigenvalue weighted by molar-refractivity contribution is -0.114. The van der Waals surface area contributed by atoms with E-state index >= 15 is 0 Å². The Hall–Kier alpha value is -3.65. The van der Waals surface area contributed by atoms with E-state index in [1.54, 1.807) is 41.1 Å². The molecule has 0 saturated carbocycles. The highest BCUT2D eigenvalue weighted by atomic mass is 35.5. The number of nitrogens with zero attached hydrogens (tertiary/aromatic N) is 3. The van der Waals surface area contributed by atoms with E-state index in [-0.39, 0.29) is 11.8 Å². The number of aromatic nitrogens is 3. The molecule has 1 aliphatic heterocycles. The fourth-order valence-electron chi connectivity index (χ4n) is 3.40. The minimum Gasteiger partial charge on any atom is -0.328 e. The molecule has 0 fully saturated rings. The normalized spacial score (nSPS) is 15.2. The zero-order chi connectivity index (χ0) is 21.3. The second-order valence-corrected chi connectivity index (χ2v) is 7.24. The van der Waals surface area contributed by atoms with E-state index in [0.29, 0.717) is 33.6 Å². The number of carbonyl (C=O) groups excluding carboxylic acids is 2. The molecule has 2 heterocycles. The fourth-order valence-corrected chi connectivity index (χ4v) is 3.58. The number of para-hydroxylation sites is 1. The van der Waals surface area contributed by atoms with Crippen LogP contribution in [0.1, 0.15) is 25.5 Å². The molecule has 0 unspecified atom stereocenters. The molecule has 8 nitrogen and oxygen atoms in total. The first-order valence-corrected chi connectivity index (χ1v) is 9.62. The van der Waals surface area contributed by atoms with Gasteiger partial charge in [0.15, 0.2) is 0 Å². The summed E-state index contributed by atoms with van der Waals surface area (Å²) in [5, 5.41) is 13.5. The lowest BCUT2D eigenvalue weighted by atomic mass is 9.94. The lowest BCUT2D eigenvalue weighted by Gasteiger charge is -2.29. The van der Waals surface area contributed by atoms with E-state index in [1.165, 1.54) is 13.3 Å². The number of hydrogen-bond acceptors (Lipinski definition) is 5. The highest BCUT2D eigenvalue weighted by molar-refractivity contribution is 6.33. The first-order chi connectivity index (χ1) is 14.4. The summed E-state index contributed by atoms with van der Waals surface area (Å²) in [6.45, 7) is 3.27. The minimum absolute atomic E-state index is 0.154. The van der Waals surface area contributed by atoms with Crippen LogP contribution in [-0.2, 0) is 9.59 Å². The molecule has 2 aromatic carbocycles. The number of allylic oxidation sites excluding steroid dienone is 1. The fraction of sp³-hybridized carbons (Fsp3) is 0.143. The maximum Gasteiger partial charge on any atom is 0.255 e. The van der Waals surface area contributed by atoms with E-state index < -0.39 is 6.04 Å². The highest BCUT2D eigenvalue weighted by Gasteiger charge is 2.33. The Bertz CT molecular complexity index is 1150. The Balaban J connectivity index is 1.73. The number of anilines is 3. The van der Waals surface area contributed by atoms with Crippen LogP contribution in [0.15, 0.2) is 66.1 Å². The van der Waals surface area contributed by atoms with E-state index in [0.717, 1.165) is 5.56 Å². The number of rotatable bonds is 4. The topological polar surface area (TPSA) is 101 Å².